The summed E-state index contributed by atoms with van der Waals surface area (Å²) in [5, 5.41) is 10.9. The number of rotatable bonds is 5. The van der Waals surface area contributed by atoms with Crippen LogP contribution in [0.2, 0.25) is 10.0 Å². The summed E-state index contributed by atoms with van der Waals surface area (Å²) < 4.78 is 19.3. The zero-order valence-electron chi connectivity index (χ0n) is 19.9. The van der Waals surface area contributed by atoms with Crippen molar-refractivity contribution in [3.8, 4) is 11.4 Å². The van der Waals surface area contributed by atoms with Crippen molar-refractivity contribution in [3.05, 3.63) is 57.8 Å². The number of halogens is 3. The highest BCUT2D eigenvalue weighted by Gasteiger charge is 2.25. The Morgan fingerprint density at radius 2 is 1.50 bits per heavy atom. The third-order valence-electron chi connectivity index (χ3n) is 6.43. The average Bonchev–Trinajstić information content (AvgIpc) is 2.90. The monoisotopic (exact) mass is 532 g/mol. The van der Waals surface area contributed by atoms with E-state index in [0.717, 1.165) is 11.3 Å². The van der Waals surface area contributed by atoms with Gasteiger partial charge in [0, 0.05) is 61.1 Å². The molecule has 2 aliphatic heterocycles. The first-order chi connectivity index (χ1) is 17.4. The molecule has 1 aromatic heterocycles. The SMILES string of the molecule is CC(O)c1ccc(Cl)cc1N1CCN(c2nc(-c3ccc(F)c(Cl)c3)nc(N3CCOCC3)n2)CC1. The molecule has 0 aliphatic carbocycles. The molecule has 5 rings (SSSR count). The van der Waals surface area contributed by atoms with Crippen LogP contribution >= 0.6 is 23.2 Å². The van der Waals surface area contributed by atoms with Crippen molar-refractivity contribution >= 4 is 40.8 Å². The van der Waals surface area contributed by atoms with E-state index in [1.54, 1.807) is 19.1 Å². The molecule has 1 N–H and O–H groups in total. The van der Waals surface area contributed by atoms with Crippen LogP contribution in [0.5, 0.6) is 0 Å². The topological polar surface area (TPSA) is 77.9 Å². The number of aromatic nitrogens is 3. The van der Waals surface area contributed by atoms with Crippen LogP contribution in [0.25, 0.3) is 11.4 Å². The quantitative estimate of drug-likeness (QED) is 0.523. The number of aliphatic hydroxyl groups excluding tert-OH is 1. The highest BCUT2D eigenvalue weighted by Crippen LogP contribution is 2.31. The predicted molar refractivity (Wildman–Crippen MR) is 140 cm³/mol. The molecular weight excluding hydrogens is 506 g/mol. The number of hydrogen-bond acceptors (Lipinski definition) is 8. The minimum atomic E-state index is -0.597. The van der Waals surface area contributed by atoms with Gasteiger partial charge in [-0.05, 0) is 37.3 Å². The number of nitrogens with zero attached hydrogens (tertiary/aromatic N) is 6. The van der Waals surface area contributed by atoms with Crippen molar-refractivity contribution in [3.63, 3.8) is 0 Å². The molecule has 0 radical (unpaired) electrons. The maximum atomic E-state index is 13.8. The van der Waals surface area contributed by atoms with Gasteiger partial charge in [0.2, 0.25) is 11.9 Å². The number of hydrogen-bond donors (Lipinski definition) is 1. The van der Waals surface area contributed by atoms with Gasteiger partial charge in [-0.2, -0.15) is 15.0 Å². The van der Waals surface area contributed by atoms with Crippen molar-refractivity contribution in [1.29, 1.82) is 0 Å². The van der Waals surface area contributed by atoms with Crippen LogP contribution in [0, 0.1) is 5.82 Å². The van der Waals surface area contributed by atoms with E-state index < -0.39 is 11.9 Å². The molecule has 2 fully saturated rings. The molecule has 2 aromatic carbocycles. The zero-order chi connectivity index (χ0) is 25.2. The predicted octanol–water partition coefficient (Wildman–Crippen LogP) is 4.20. The van der Waals surface area contributed by atoms with Gasteiger partial charge < -0.3 is 24.5 Å². The second-order valence-electron chi connectivity index (χ2n) is 8.84. The van der Waals surface area contributed by atoms with Crippen molar-refractivity contribution in [2.45, 2.75) is 13.0 Å². The first-order valence-corrected chi connectivity index (χ1v) is 12.7. The number of benzene rings is 2. The summed E-state index contributed by atoms with van der Waals surface area (Å²) in [5.74, 6) is 1.07. The Kier molecular flexibility index (Phi) is 7.43. The Balaban J connectivity index is 1.43. The second-order valence-corrected chi connectivity index (χ2v) is 9.68. The molecule has 190 valence electrons. The minimum Gasteiger partial charge on any atom is -0.389 e. The van der Waals surface area contributed by atoms with Crippen LogP contribution < -0.4 is 14.7 Å². The maximum absolute atomic E-state index is 13.8. The lowest BCUT2D eigenvalue weighted by molar-refractivity contribution is 0.122. The number of ether oxygens (including phenoxy) is 1. The van der Waals surface area contributed by atoms with Crippen LogP contribution in [-0.4, -0.2) is 72.5 Å². The molecule has 3 heterocycles. The summed E-state index contributed by atoms with van der Waals surface area (Å²) in [6.07, 6.45) is -0.597. The molecule has 36 heavy (non-hydrogen) atoms. The molecule has 1 atom stereocenters. The second kappa shape index (κ2) is 10.7. The largest absolute Gasteiger partial charge is 0.389 e. The van der Waals surface area contributed by atoms with E-state index in [4.69, 9.17) is 37.9 Å². The Bertz CT molecular complexity index is 1230. The van der Waals surface area contributed by atoms with Crippen LogP contribution in [0.1, 0.15) is 18.6 Å². The van der Waals surface area contributed by atoms with Gasteiger partial charge in [-0.25, -0.2) is 4.39 Å². The van der Waals surface area contributed by atoms with E-state index in [0.29, 0.717) is 80.8 Å². The summed E-state index contributed by atoms with van der Waals surface area (Å²) in [4.78, 5) is 20.6. The lowest BCUT2D eigenvalue weighted by atomic mass is 10.1. The van der Waals surface area contributed by atoms with Crippen LogP contribution in [0.4, 0.5) is 22.0 Å². The molecule has 0 spiro atoms. The molecule has 8 nitrogen and oxygen atoms in total. The van der Waals surface area contributed by atoms with Crippen LogP contribution in [0.15, 0.2) is 36.4 Å². The van der Waals surface area contributed by atoms with Gasteiger partial charge >= 0.3 is 0 Å². The molecule has 2 aliphatic rings. The average molecular weight is 533 g/mol. The molecule has 3 aromatic rings. The van der Waals surface area contributed by atoms with Crippen molar-refractivity contribution in [1.82, 2.24) is 15.0 Å². The van der Waals surface area contributed by atoms with Crippen LogP contribution in [-0.2, 0) is 4.74 Å². The maximum Gasteiger partial charge on any atom is 0.230 e. The fraction of sp³-hybridized carbons (Fsp3) is 0.400. The third-order valence-corrected chi connectivity index (χ3v) is 6.95. The first-order valence-electron chi connectivity index (χ1n) is 11.9. The zero-order valence-corrected chi connectivity index (χ0v) is 21.4. The normalized spacial score (nSPS) is 17.4. The summed E-state index contributed by atoms with van der Waals surface area (Å²) in [7, 11) is 0. The Morgan fingerprint density at radius 3 is 2.14 bits per heavy atom. The van der Waals surface area contributed by atoms with Gasteiger partial charge in [0.25, 0.3) is 0 Å². The van der Waals surface area contributed by atoms with Crippen molar-refractivity contribution in [2.24, 2.45) is 0 Å². The van der Waals surface area contributed by atoms with E-state index in [9.17, 15) is 9.50 Å². The molecule has 0 amide bonds. The number of morpholine rings is 1. The highest BCUT2D eigenvalue weighted by molar-refractivity contribution is 6.31. The molecule has 11 heteroatoms. The van der Waals surface area contributed by atoms with Gasteiger partial charge in [-0.1, -0.05) is 29.3 Å². The Morgan fingerprint density at radius 1 is 0.861 bits per heavy atom. The van der Waals surface area contributed by atoms with Gasteiger partial charge in [-0.3, -0.25) is 0 Å². The fourth-order valence-corrected chi connectivity index (χ4v) is 4.80. The highest BCUT2D eigenvalue weighted by atomic mass is 35.5. The molecule has 1 unspecified atom stereocenters. The van der Waals surface area contributed by atoms with E-state index in [-0.39, 0.29) is 5.02 Å². The Labute approximate surface area is 219 Å². The van der Waals surface area contributed by atoms with Crippen LogP contribution in [0.3, 0.4) is 0 Å². The molecular formula is C25H27Cl2FN6O2. The van der Waals surface area contributed by atoms with Gasteiger partial charge in [-0.15, -0.1) is 0 Å². The minimum absolute atomic E-state index is 0.0198. The van der Waals surface area contributed by atoms with Crippen molar-refractivity contribution in [2.75, 3.05) is 67.2 Å². The molecule has 0 saturated carbocycles. The lowest BCUT2D eigenvalue weighted by Gasteiger charge is -2.37. The number of anilines is 3. The van der Waals surface area contributed by atoms with Gasteiger partial charge in [0.05, 0.1) is 24.3 Å². The summed E-state index contributed by atoms with van der Waals surface area (Å²) in [6.45, 7) is 7.06. The number of piperazine rings is 1. The Hall–Kier alpha value is -2.72. The van der Waals surface area contributed by atoms with E-state index in [2.05, 4.69) is 19.7 Å². The van der Waals surface area contributed by atoms with E-state index >= 15 is 0 Å². The summed E-state index contributed by atoms with van der Waals surface area (Å²) in [5.41, 5.74) is 2.40. The molecule has 2 saturated heterocycles. The van der Waals surface area contributed by atoms with Gasteiger partial charge in [0.1, 0.15) is 5.82 Å². The van der Waals surface area contributed by atoms with E-state index in [1.165, 1.54) is 12.1 Å². The fourth-order valence-electron chi connectivity index (χ4n) is 4.46. The van der Waals surface area contributed by atoms with Crippen molar-refractivity contribution < 1.29 is 14.2 Å². The third kappa shape index (κ3) is 5.34. The standard InChI is InChI=1S/C25H27Cl2FN6O2/c1-16(35)19-4-3-18(26)15-22(19)32-6-8-33(9-7-32)24-29-23(17-2-5-21(28)20(27)14-17)30-25(31-24)34-10-12-36-13-11-34/h2-5,14-16,35H,6-13H2,1H3. The molecule has 0 bridgehead atoms. The summed E-state index contributed by atoms with van der Waals surface area (Å²) >= 11 is 12.3. The number of aliphatic hydroxyl groups is 1. The summed E-state index contributed by atoms with van der Waals surface area (Å²) in [6, 6.07) is 10.0. The van der Waals surface area contributed by atoms with E-state index in [1.807, 2.05) is 12.1 Å². The lowest BCUT2D eigenvalue weighted by Crippen LogP contribution is -2.47. The smallest absolute Gasteiger partial charge is 0.230 e. The van der Waals surface area contributed by atoms with Gasteiger partial charge in [0.15, 0.2) is 5.82 Å². The first kappa shape index (κ1) is 25.0.